The highest BCUT2D eigenvalue weighted by Gasteiger charge is 2.32. The highest BCUT2D eigenvalue weighted by Crippen LogP contribution is 2.19. The summed E-state index contributed by atoms with van der Waals surface area (Å²) in [6.45, 7) is 5.28. The minimum atomic E-state index is -0.883. The van der Waals surface area contributed by atoms with E-state index >= 15 is 0 Å². The van der Waals surface area contributed by atoms with Crippen molar-refractivity contribution in [2.75, 3.05) is 0 Å². The van der Waals surface area contributed by atoms with Crippen molar-refractivity contribution in [3.8, 4) is 11.8 Å². The molecular weight excluding hydrogens is 128 g/mol. The van der Waals surface area contributed by atoms with Crippen molar-refractivity contribution in [3.63, 3.8) is 0 Å². The molecule has 1 saturated heterocycles. The molecule has 1 aliphatic rings. The molecule has 0 aromatic rings. The Morgan fingerprint density at radius 2 is 2.00 bits per heavy atom. The number of hydrogen-bond donors (Lipinski definition) is 1. The lowest BCUT2D eigenvalue weighted by Gasteiger charge is -2.05. The summed E-state index contributed by atoms with van der Waals surface area (Å²) >= 11 is 0. The maximum absolute atomic E-state index is 9.15. The van der Waals surface area contributed by atoms with Crippen LogP contribution < -0.4 is 0 Å². The summed E-state index contributed by atoms with van der Waals surface area (Å²) in [6.07, 6.45) is 0.321. The van der Waals surface area contributed by atoms with Crippen LogP contribution in [-0.4, -0.2) is 22.9 Å². The average molecular weight is 140 g/mol. The normalized spacial score (nSPS) is 30.8. The number of ether oxygens (including phenoxy) is 1. The molecule has 2 heteroatoms. The Hall–Kier alpha value is -0.520. The summed E-state index contributed by atoms with van der Waals surface area (Å²) in [5, 5.41) is 9.15. The number of hydrogen-bond acceptors (Lipinski definition) is 2. The molecule has 0 aliphatic carbocycles. The van der Waals surface area contributed by atoms with Gasteiger partial charge in [0.05, 0.1) is 6.10 Å². The van der Waals surface area contributed by atoms with Crippen molar-refractivity contribution in [3.05, 3.63) is 0 Å². The van der Waals surface area contributed by atoms with Gasteiger partial charge in [-0.15, -0.1) is 0 Å². The lowest BCUT2D eigenvalue weighted by atomic mass is 10.1. The van der Waals surface area contributed by atoms with E-state index in [0.717, 1.165) is 0 Å². The smallest absolute Gasteiger partial charge is 0.144 e. The van der Waals surface area contributed by atoms with Crippen LogP contribution >= 0.6 is 0 Å². The Morgan fingerprint density at radius 3 is 2.30 bits per heavy atom. The number of aliphatic hydroxyl groups is 1. The van der Waals surface area contributed by atoms with E-state index in [1.807, 2.05) is 6.92 Å². The second-order valence-electron chi connectivity index (χ2n) is 3.09. The van der Waals surface area contributed by atoms with Crippen LogP contribution in [0, 0.1) is 11.8 Å². The fraction of sp³-hybridized carbons (Fsp3) is 0.750. The van der Waals surface area contributed by atoms with Crippen molar-refractivity contribution in [1.29, 1.82) is 0 Å². The molecule has 2 nitrogen and oxygen atoms in total. The molecule has 2 atom stereocenters. The van der Waals surface area contributed by atoms with Gasteiger partial charge in [-0.1, -0.05) is 11.8 Å². The van der Waals surface area contributed by atoms with Gasteiger partial charge in [-0.3, -0.25) is 0 Å². The fourth-order valence-corrected chi connectivity index (χ4v) is 0.585. The first kappa shape index (κ1) is 7.59. The van der Waals surface area contributed by atoms with Gasteiger partial charge < -0.3 is 9.84 Å². The van der Waals surface area contributed by atoms with E-state index < -0.39 is 5.60 Å². The van der Waals surface area contributed by atoms with Crippen molar-refractivity contribution in [2.45, 2.75) is 38.6 Å². The molecule has 0 bridgehead atoms. The first-order chi connectivity index (χ1) is 4.49. The van der Waals surface area contributed by atoms with Crippen molar-refractivity contribution >= 4 is 0 Å². The minimum Gasteiger partial charge on any atom is -0.378 e. The molecule has 1 aliphatic heterocycles. The van der Waals surface area contributed by atoms with Crippen LogP contribution in [0.1, 0.15) is 20.8 Å². The Balaban J connectivity index is 2.40. The third kappa shape index (κ3) is 2.38. The zero-order valence-corrected chi connectivity index (χ0v) is 6.51. The van der Waals surface area contributed by atoms with Gasteiger partial charge >= 0.3 is 0 Å². The molecule has 0 spiro atoms. The largest absolute Gasteiger partial charge is 0.378 e. The topological polar surface area (TPSA) is 32.8 Å². The molecule has 0 saturated carbocycles. The molecule has 1 N–H and O–H groups in total. The van der Waals surface area contributed by atoms with E-state index in [-0.39, 0.29) is 12.2 Å². The third-order valence-electron chi connectivity index (χ3n) is 1.23. The van der Waals surface area contributed by atoms with Gasteiger partial charge in [0.15, 0.2) is 0 Å². The molecule has 0 aromatic carbocycles. The van der Waals surface area contributed by atoms with Crippen LogP contribution in [-0.2, 0) is 4.74 Å². The standard InChI is InChI=1S/C8H12O2/c1-6-7(10-6)4-5-8(2,3)9/h6-7,9H,1-3H3. The Bertz CT molecular complexity index is 180. The number of rotatable bonds is 0. The fourth-order valence-electron chi connectivity index (χ4n) is 0.585. The lowest BCUT2D eigenvalue weighted by molar-refractivity contribution is 0.143. The summed E-state index contributed by atoms with van der Waals surface area (Å²) in [6, 6.07) is 0. The molecule has 2 unspecified atom stereocenters. The van der Waals surface area contributed by atoms with Crippen LogP contribution in [0.5, 0.6) is 0 Å². The van der Waals surface area contributed by atoms with E-state index in [0.29, 0.717) is 0 Å². The van der Waals surface area contributed by atoms with Gasteiger partial charge in [0.25, 0.3) is 0 Å². The molecule has 1 fully saturated rings. The van der Waals surface area contributed by atoms with Crippen molar-refractivity contribution < 1.29 is 9.84 Å². The molecule has 1 heterocycles. The monoisotopic (exact) mass is 140 g/mol. The van der Waals surface area contributed by atoms with Crippen LogP contribution in [0.3, 0.4) is 0 Å². The summed E-state index contributed by atoms with van der Waals surface area (Å²) < 4.78 is 5.03. The van der Waals surface area contributed by atoms with E-state index in [2.05, 4.69) is 11.8 Å². The maximum atomic E-state index is 9.15. The zero-order valence-electron chi connectivity index (χ0n) is 6.51. The van der Waals surface area contributed by atoms with Crippen LogP contribution in [0.25, 0.3) is 0 Å². The molecule has 0 radical (unpaired) electrons. The lowest BCUT2D eigenvalue weighted by Crippen LogP contribution is -2.14. The average Bonchev–Trinajstić information content (AvgIpc) is 2.40. The first-order valence-electron chi connectivity index (χ1n) is 3.39. The molecular formula is C8H12O2. The second-order valence-corrected chi connectivity index (χ2v) is 3.09. The minimum absolute atomic E-state index is 0.0615. The zero-order chi connectivity index (χ0) is 7.78. The third-order valence-corrected chi connectivity index (χ3v) is 1.23. The van der Waals surface area contributed by atoms with Gasteiger partial charge in [-0.05, 0) is 20.8 Å². The van der Waals surface area contributed by atoms with Gasteiger partial charge in [0.1, 0.15) is 11.7 Å². The van der Waals surface area contributed by atoms with Crippen LogP contribution in [0.4, 0.5) is 0 Å². The highest BCUT2D eigenvalue weighted by atomic mass is 16.6. The van der Waals surface area contributed by atoms with Crippen LogP contribution in [0.15, 0.2) is 0 Å². The summed E-state index contributed by atoms with van der Waals surface area (Å²) in [4.78, 5) is 0. The SMILES string of the molecule is CC1OC1C#CC(C)(C)O. The van der Waals surface area contributed by atoms with Crippen molar-refractivity contribution in [1.82, 2.24) is 0 Å². The summed E-state index contributed by atoms with van der Waals surface area (Å²) in [7, 11) is 0. The first-order valence-corrected chi connectivity index (χ1v) is 3.39. The Morgan fingerprint density at radius 1 is 1.50 bits per heavy atom. The predicted octanol–water partition coefficient (Wildman–Crippen LogP) is 0.548. The highest BCUT2D eigenvalue weighted by molar-refractivity contribution is 5.18. The second kappa shape index (κ2) is 2.26. The predicted molar refractivity (Wildman–Crippen MR) is 38.4 cm³/mol. The van der Waals surface area contributed by atoms with Gasteiger partial charge in [-0.25, -0.2) is 0 Å². The molecule has 0 amide bonds. The van der Waals surface area contributed by atoms with Gasteiger partial charge in [-0.2, -0.15) is 0 Å². The van der Waals surface area contributed by atoms with Crippen molar-refractivity contribution in [2.24, 2.45) is 0 Å². The van der Waals surface area contributed by atoms with E-state index in [1.165, 1.54) is 0 Å². The van der Waals surface area contributed by atoms with E-state index in [1.54, 1.807) is 13.8 Å². The Kier molecular flexibility index (Phi) is 1.72. The number of epoxide rings is 1. The quantitative estimate of drug-likeness (QED) is 0.393. The molecule has 1 rings (SSSR count). The molecule has 10 heavy (non-hydrogen) atoms. The van der Waals surface area contributed by atoms with Gasteiger partial charge in [0, 0.05) is 0 Å². The van der Waals surface area contributed by atoms with Crippen LogP contribution in [0.2, 0.25) is 0 Å². The summed E-state index contributed by atoms with van der Waals surface area (Å²) in [5.74, 6) is 5.52. The van der Waals surface area contributed by atoms with E-state index in [4.69, 9.17) is 9.84 Å². The molecule has 56 valence electrons. The summed E-state index contributed by atoms with van der Waals surface area (Å²) in [5.41, 5.74) is -0.883. The van der Waals surface area contributed by atoms with Gasteiger partial charge in [0.2, 0.25) is 0 Å². The molecule has 0 aromatic heterocycles. The maximum Gasteiger partial charge on any atom is 0.144 e. The van der Waals surface area contributed by atoms with E-state index in [9.17, 15) is 0 Å². The Labute approximate surface area is 61.2 Å².